The predicted octanol–water partition coefficient (Wildman–Crippen LogP) is 2.20. The number of carboxylic acid groups (broad SMARTS) is 1. The van der Waals surface area contributed by atoms with Crippen LogP contribution < -0.4 is 4.74 Å². The molecule has 4 nitrogen and oxygen atoms in total. The Morgan fingerprint density at radius 3 is 2.95 bits per heavy atom. The molecule has 0 spiro atoms. The Morgan fingerprint density at radius 2 is 2.32 bits per heavy atom. The standard InChI is InChI=1S/C15H20O4/c1-2-12(15(17)18)14-5-3-10-9-11(19-8-7-16)4-6-13(10)14/h4,6,9,12,14,16H,2-3,5,7-8H2,1H3,(H,17,18)/t12?,14-/m0/s1. The molecule has 1 unspecified atom stereocenters. The van der Waals surface area contributed by atoms with E-state index < -0.39 is 5.97 Å². The second-order valence-corrected chi connectivity index (χ2v) is 4.93. The number of carbonyl (C=O) groups is 1. The van der Waals surface area contributed by atoms with E-state index in [-0.39, 0.29) is 25.0 Å². The van der Waals surface area contributed by atoms with Crippen LogP contribution in [-0.2, 0) is 11.2 Å². The van der Waals surface area contributed by atoms with Crippen LogP contribution in [0.1, 0.15) is 36.8 Å². The molecule has 4 heteroatoms. The Labute approximate surface area is 113 Å². The number of aliphatic hydroxyl groups is 1. The zero-order valence-electron chi connectivity index (χ0n) is 11.1. The second-order valence-electron chi connectivity index (χ2n) is 4.93. The molecule has 2 atom stereocenters. The minimum atomic E-state index is -0.707. The van der Waals surface area contributed by atoms with Gasteiger partial charge in [0.05, 0.1) is 12.5 Å². The number of aryl methyl sites for hydroxylation is 1. The minimum absolute atomic E-state index is 0.00334. The van der Waals surface area contributed by atoms with E-state index in [0.717, 1.165) is 24.2 Å². The van der Waals surface area contributed by atoms with Crippen molar-refractivity contribution in [2.75, 3.05) is 13.2 Å². The molecule has 1 aliphatic rings. The summed E-state index contributed by atoms with van der Waals surface area (Å²) in [6.07, 6.45) is 2.45. The lowest BCUT2D eigenvalue weighted by molar-refractivity contribution is -0.142. The molecule has 0 bridgehead atoms. The van der Waals surface area contributed by atoms with Crippen molar-refractivity contribution in [3.05, 3.63) is 29.3 Å². The highest BCUT2D eigenvalue weighted by Crippen LogP contribution is 2.41. The van der Waals surface area contributed by atoms with E-state index in [0.29, 0.717) is 6.42 Å². The van der Waals surface area contributed by atoms with Gasteiger partial charge in [0.15, 0.2) is 0 Å². The fourth-order valence-electron chi connectivity index (χ4n) is 2.93. The van der Waals surface area contributed by atoms with Crippen LogP contribution in [0.2, 0.25) is 0 Å². The topological polar surface area (TPSA) is 66.8 Å². The van der Waals surface area contributed by atoms with Gasteiger partial charge >= 0.3 is 5.97 Å². The van der Waals surface area contributed by atoms with Crippen molar-refractivity contribution in [1.82, 2.24) is 0 Å². The van der Waals surface area contributed by atoms with Crippen LogP contribution in [0.4, 0.5) is 0 Å². The van der Waals surface area contributed by atoms with Crippen LogP contribution in [-0.4, -0.2) is 29.4 Å². The highest BCUT2D eigenvalue weighted by Gasteiger charge is 2.33. The Kier molecular flexibility index (Phi) is 4.43. The molecule has 0 amide bonds. The fraction of sp³-hybridized carbons (Fsp3) is 0.533. The first-order valence-corrected chi connectivity index (χ1v) is 6.76. The molecule has 104 valence electrons. The van der Waals surface area contributed by atoms with Crippen molar-refractivity contribution in [1.29, 1.82) is 0 Å². The van der Waals surface area contributed by atoms with Gasteiger partial charge < -0.3 is 14.9 Å². The Hall–Kier alpha value is -1.55. The van der Waals surface area contributed by atoms with Gasteiger partial charge in [-0.2, -0.15) is 0 Å². The summed E-state index contributed by atoms with van der Waals surface area (Å²) in [6.45, 7) is 2.21. The van der Waals surface area contributed by atoms with Crippen molar-refractivity contribution in [2.45, 2.75) is 32.1 Å². The molecular weight excluding hydrogens is 244 g/mol. The van der Waals surface area contributed by atoms with Gasteiger partial charge in [0.25, 0.3) is 0 Å². The van der Waals surface area contributed by atoms with Crippen LogP contribution in [0.3, 0.4) is 0 Å². The number of aliphatic carboxylic acids is 1. The maximum atomic E-state index is 11.3. The Balaban J connectivity index is 2.19. The van der Waals surface area contributed by atoms with E-state index in [1.165, 1.54) is 5.56 Å². The molecule has 1 aromatic rings. The smallest absolute Gasteiger partial charge is 0.307 e. The average Bonchev–Trinajstić information content (AvgIpc) is 2.80. The number of rotatable bonds is 6. The van der Waals surface area contributed by atoms with Gasteiger partial charge in [-0.1, -0.05) is 13.0 Å². The zero-order chi connectivity index (χ0) is 13.8. The van der Waals surface area contributed by atoms with Crippen molar-refractivity contribution >= 4 is 5.97 Å². The Bertz CT molecular complexity index is 455. The number of ether oxygens (including phenoxy) is 1. The summed E-state index contributed by atoms with van der Waals surface area (Å²) in [5, 5.41) is 18.0. The van der Waals surface area contributed by atoms with E-state index >= 15 is 0 Å². The first-order chi connectivity index (χ1) is 9.17. The molecule has 0 heterocycles. The molecule has 1 aliphatic carbocycles. The SMILES string of the molecule is CCC(C(=O)O)[C@@H]1CCc2cc(OCCO)ccc21. The van der Waals surface area contributed by atoms with Gasteiger partial charge in [0, 0.05) is 0 Å². The molecule has 0 aromatic heterocycles. The van der Waals surface area contributed by atoms with Crippen molar-refractivity contribution in [3.8, 4) is 5.75 Å². The van der Waals surface area contributed by atoms with E-state index in [9.17, 15) is 9.90 Å². The number of aliphatic hydroxyl groups excluding tert-OH is 1. The highest BCUT2D eigenvalue weighted by molar-refractivity contribution is 5.71. The average molecular weight is 264 g/mol. The maximum absolute atomic E-state index is 11.3. The number of benzene rings is 1. The zero-order valence-corrected chi connectivity index (χ0v) is 11.1. The molecule has 2 rings (SSSR count). The Morgan fingerprint density at radius 1 is 1.53 bits per heavy atom. The van der Waals surface area contributed by atoms with Crippen molar-refractivity contribution < 1.29 is 19.7 Å². The van der Waals surface area contributed by atoms with E-state index in [1.54, 1.807) is 0 Å². The summed E-state index contributed by atoms with van der Waals surface area (Å²) in [6, 6.07) is 5.81. The molecular formula is C15H20O4. The molecule has 0 radical (unpaired) electrons. The predicted molar refractivity (Wildman–Crippen MR) is 71.5 cm³/mol. The first-order valence-electron chi connectivity index (χ1n) is 6.76. The van der Waals surface area contributed by atoms with Crippen molar-refractivity contribution in [2.24, 2.45) is 5.92 Å². The lowest BCUT2D eigenvalue weighted by Gasteiger charge is -2.19. The lowest BCUT2D eigenvalue weighted by atomic mass is 9.85. The molecule has 19 heavy (non-hydrogen) atoms. The largest absolute Gasteiger partial charge is 0.491 e. The highest BCUT2D eigenvalue weighted by atomic mass is 16.5. The summed E-state index contributed by atoms with van der Waals surface area (Å²) < 4.78 is 5.38. The molecule has 0 aliphatic heterocycles. The van der Waals surface area contributed by atoms with Crippen LogP contribution >= 0.6 is 0 Å². The van der Waals surface area contributed by atoms with Gasteiger partial charge in [0.1, 0.15) is 12.4 Å². The first kappa shape index (κ1) is 13.9. The van der Waals surface area contributed by atoms with Crippen LogP contribution in [0, 0.1) is 5.92 Å². The summed E-state index contributed by atoms with van der Waals surface area (Å²) in [7, 11) is 0. The second kappa shape index (κ2) is 6.06. The van der Waals surface area contributed by atoms with Gasteiger partial charge in [-0.25, -0.2) is 0 Å². The molecule has 0 saturated heterocycles. The van der Waals surface area contributed by atoms with Gasteiger partial charge in [0.2, 0.25) is 0 Å². The van der Waals surface area contributed by atoms with E-state index in [1.807, 2.05) is 25.1 Å². The third kappa shape index (κ3) is 2.89. The fourth-order valence-corrected chi connectivity index (χ4v) is 2.93. The summed E-state index contributed by atoms with van der Waals surface area (Å²) >= 11 is 0. The molecule has 1 aromatic carbocycles. The van der Waals surface area contributed by atoms with E-state index in [4.69, 9.17) is 9.84 Å². The summed E-state index contributed by atoms with van der Waals surface area (Å²) in [5.41, 5.74) is 2.32. The molecule has 2 N–H and O–H groups in total. The quantitative estimate of drug-likeness (QED) is 0.826. The summed E-state index contributed by atoms with van der Waals surface area (Å²) in [4.78, 5) is 11.3. The number of hydrogen-bond donors (Lipinski definition) is 2. The molecule has 0 saturated carbocycles. The number of carboxylic acids is 1. The van der Waals surface area contributed by atoms with Gasteiger partial charge in [-0.05, 0) is 48.4 Å². The third-order valence-electron chi connectivity index (χ3n) is 3.84. The minimum Gasteiger partial charge on any atom is -0.491 e. The number of fused-ring (bicyclic) bond motifs is 1. The van der Waals surface area contributed by atoms with Gasteiger partial charge in [-0.15, -0.1) is 0 Å². The van der Waals surface area contributed by atoms with Crippen LogP contribution in [0.5, 0.6) is 5.75 Å². The van der Waals surface area contributed by atoms with Crippen molar-refractivity contribution in [3.63, 3.8) is 0 Å². The van der Waals surface area contributed by atoms with E-state index in [2.05, 4.69) is 0 Å². The van der Waals surface area contributed by atoms with Gasteiger partial charge in [-0.3, -0.25) is 4.79 Å². The van der Waals surface area contributed by atoms with Crippen LogP contribution in [0.25, 0.3) is 0 Å². The summed E-state index contributed by atoms with van der Waals surface area (Å²) in [5.74, 6) is -0.146. The maximum Gasteiger partial charge on any atom is 0.307 e. The molecule has 0 fully saturated rings. The third-order valence-corrected chi connectivity index (χ3v) is 3.84. The van der Waals surface area contributed by atoms with Crippen LogP contribution in [0.15, 0.2) is 18.2 Å². The lowest BCUT2D eigenvalue weighted by Crippen LogP contribution is -2.19. The number of hydrogen-bond acceptors (Lipinski definition) is 3. The normalized spacial score (nSPS) is 18.9. The monoisotopic (exact) mass is 264 g/mol.